The second-order valence-electron chi connectivity index (χ2n) is 5.11. The van der Waals surface area contributed by atoms with Gasteiger partial charge >= 0.3 is 0 Å². The molecule has 0 aliphatic carbocycles. The number of halogens is 1. The van der Waals surface area contributed by atoms with Gasteiger partial charge in [0.2, 0.25) is 5.91 Å². The summed E-state index contributed by atoms with van der Waals surface area (Å²) in [6, 6.07) is 15.1. The topological polar surface area (TPSA) is 38.3 Å². The Morgan fingerprint density at radius 2 is 1.95 bits per heavy atom. The average Bonchev–Trinajstić information content (AvgIpc) is 2.53. The van der Waals surface area contributed by atoms with E-state index in [4.69, 9.17) is 16.3 Å². The monoisotopic (exact) mass is 317 g/mol. The number of carbonyl (C=O) groups is 1. The number of carbonyl (C=O) groups excluding carboxylic acids is 1. The summed E-state index contributed by atoms with van der Waals surface area (Å²) < 4.78 is 5.15. The van der Waals surface area contributed by atoms with Gasteiger partial charge in [-0.1, -0.05) is 42.8 Å². The Balaban J connectivity index is 2.01. The number of amides is 1. The van der Waals surface area contributed by atoms with Crippen LogP contribution in [0.3, 0.4) is 0 Å². The maximum atomic E-state index is 12.2. The molecule has 0 saturated heterocycles. The van der Waals surface area contributed by atoms with E-state index in [2.05, 4.69) is 12.2 Å². The van der Waals surface area contributed by atoms with Crippen molar-refractivity contribution in [3.05, 3.63) is 64.7 Å². The molecular formula is C18H20ClNO2. The van der Waals surface area contributed by atoms with Crippen LogP contribution in [0.4, 0.5) is 0 Å². The summed E-state index contributed by atoms with van der Waals surface area (Å²) in [6.45, 7) is 2.05. The molecular weight excluding hydrogens is 298 g/mol. The third-order valence-electron chi connectivity index (χ3n) is 3.52. The second-order valence-corrected chi connectivity index (χ2v) is 5.54. The number of nitrogens with one attached hydrogen (secondary N) is 1. The van der Waals surface area contributed by atoms with Crippen molar-refractivity contribution in [2.75, 3.05) is 7.11 Å². The number of hydrogen-bond acceptors (Lipinski definition) is 2. The second kappa shape index (κ2) is 7.85. The summed E-state index contributed by atoms with van der Waals surface area (Å²) in [4.78, 5) is 12.2. The van der Waals surface area contributed by atoms with E-state index in [0.717, 1.165) is 23.3 Å². The van der Waals surface area contributed by atoms with Crippen LogP contribution < -0.4 is 10.1 Å². The first-order valence-corrected chi connectivity index (χ1v) is 7.68. The number of ether oxygens (including phenoxy) is 1. The highest BCUT2D eigenvalue weighted by Crippen LogP contribution is 2.20. The maximum absolute atomic E-state index is 12.2. The Morgan fingerprint density at radius 3 is 2.55 bits per heavy atom. The SMILES string of the molecule is CCC(NC(=O)Cc1cccc(Cl)c1)c1ccc(OC)cc1. The highest BCUT2D eigenvalue weighted by Gasteiger charge is 2.13. The third kappa shape index (κ3) is 4.50. The van der Waals surface area contributed by atoms with Gasteiger partial charge in [-0.2, -0.15) is 0 Å². The van der Waals surface area contributed by atoms with E-state index in [1.54, 1.807) is 13.2 Å². The summed E-state index contributed by atoms with van der Waals surface area (Å²) in [5.74, 6) is 0.800. The van der Waals surface area contributed by atoms with E-state index in [9.17, 15) is 4.79 Å². The fraction of sp³-hybridized carbons (Fsp3) is 0.278. The van der Waals surface area contributed by atoms with Gasteiger partial charge in [0.15, 0.2) is 0 Å². The number of benzene rings is 2. The number of hydrogen-bond donors (Lipinski definition) is 1. The number of rotatable bonds is 6. The summed E-state index contributed by atoms with van der Waals surface area (Å²) in [5, 5.41) is 3.71. The van der Waals surface area contributed by atoms with E-state index >= 15 is 0 Å². The molecule has 1 unspecified atom stereocenters. The van der Waals surface area contributed by atoms with E-state index in [0.29, 0.717) is 11.4 Å². The van der Waals surface area contributed by atoms with Gasteiger partial charge in [-0.3, -0.25) is 4.79 Å². The van der Waals surface area contributed by atoms with Crippen LogP contribution in [0.2, 0.25) is 5.02 Å². The zero-order valence-corrected chi connectivity index (χ0v) is 13.6. The van der Waals surface area contributed by atoms with Crippen LogP contribution in [0.5, 0.6) is 5.75 Å². The van der Waals surface area contributed by atoms with Crippen LogP contribution in [0.1, 0.15) is 30.5 Å². The minimum Gasteiger partial charge on any atom is -0.497 e. The average molecular weight is 318 g/mol. The molecule has 2 rings (SSSR count). The lowest BCUT2D eigenvalue weighted by Crippen LogP contribution is -2.29. The lowest BCUT2D eigenvalue weighted by atomic mass is 10.0. The Bertz CT molecular complexity index is 625. The van der Waals surface area contributed by atoms with Gasteiger partial charge in [0.25, 0.3) is 0 Å². The summed E-state index contributed by atoms with van der Waals surface area (Å²) >= 11 is 5.94. The van der Waals surface area contributed by atoms with Crippen molar-refractivity contribution >= 4 is 17.5 Å². The van der Waals surface area contributed by atoms with Gasteiger partial charge < -0.3 is 10.1 Å². The minimum atomic E-state index is -0.00932. The van der Waals surface area contributed by atoms with Crippen molar-refractivity contribution in [2.24, 2.45) is 0 Å². The molecule has 0 fully saturated rings. The van der Waals surface area contributed by atoms with Crippen LogP contribution in [0, 0.1) is 0 Å². The zero-order valence-electron chi connectivity index (χ0n) is 12.8. The van der Waals surface area contributed by atoms with Crippen molar-refractivity contribution in [1.82, 2.24) is 5.32 Å². The molecule has 0 radical (unpaired) electrons. The molecule has 3 nitrogen and oxygen atoms in total. The normalized spacial score (nSPS) is 11.8. The smallest absolute Gasteiger partial charge is 0.224 e. The van der Waals surface area contributed by atoms with Crippen molar-refractivity contribution in [1.29, 1.82) is 0 Å². The van der Waals surface area contributed by atoms with Crippen molar-refractivity contribution in [3.63, 3.8) is 0 Å². The molecule has 116 valence electrons. The Morgan fingerprint density at radius 1 is 1.23 bits per heavy atom. The van der Waals surface area contributed by atoms with Gasteiger partial charge in [0.1, 0.15) is 5.75 Å². The third-order valence-corrected chi connectivity index (χ3v) is 3.75. The Kier molecular flexibility index (Phi) is 5.84. The molecule has 0 heterocycles. The summed E-state index contributed by atoms with van der Waals surface area (Å²) in [6.07, 6.45) is 1.15. The molecule has 0 aliphatic heterocycles. The van der Waals surface area contributed by atoms with Gasteiger partial charge in [-0.25, -0.2) is 0 Å². The molecule has 2 aromatic carbocycles. The van der Waals surface area contributed by atoms with Gasteiger partial charge in [0.05, 0.1) is 19.6 Å². The van der Waals surface area contributed by atoms with Crippen LogP contribution in [0.25, 0.3) is 0 Å². The largest absolute Gasteiger partial charge is 0.497 e. The zero-order chi connectivity index (χ0) is 15.9. The predicted molar refractivity (Wildman–Crippen MR) is 89.3 cm³/mol. The molecule has 22 heavy (non-hydrogen) atoms. The van der Waals surface area contributed by atoms with E-state index < -0.39 is 0 Å². The molecule has 2 aromatic rings. The summed E-state index contributed by atoms with van der Waals surface area (Å²) in [5.41, 5.74) is 1.98. The Labute approximate surface area is 136 Å². The quantitative estimate of drug-likeness (QED) is 0.868. The standard InChI is InChI=1S/C18H20ClNO2/c1-3-17(14-7-9-16(22-2)10-8-14)20-18(21)12-13-5-4-6-15(19)11-13/h4-11,17H,3,12H2,1-2H3,(H,20,21). The van der Waals surface area contributed by atoms with Crippen LogP contribution in [-0.2, 0) is 11.2 Å². The fourth-order valence-corrected chi connectivity index (χ4v) is 2.55. The van der Waals surface area contributed by atoms with Crippen LogP contribution >= 0.6 is 11.6 Å². The maximum Gasteiger partial charge on any atom is 0.224 e. The van der Waals surface area contributed by atoms with Crippen molar-refractivity contribution in [3.8, 4) is 5.75 Å². The minimum absolute atomic E-state index is 0.00223. The first-order chi connectivity index (χ1) is 10.6. The lowest BCUT2D eigenvalue weighted by molar-refractivity contribution is -0.121. The van der Waals surface area contributed by atoms with Crippen molar-refractivity contribution in [2.45, 2.75) is 25.8 Å². The van der Waals surface area contributed by atoms with Crippen LogP contribution in [0.15, 0.2) is 48.5 Å². The van der Waals surface area contributed by atoms with Gasteiger partial charge in [-0.15, -0.1) is 0 Å². The van der Waals surface area contributed by atoms with Crippen molar-refractivity contribution < 1.29 is 9.53 Å². The predicted octanol–water partition coefficient (Wildman–Crippen LogP) is 4.16. The summed E-state index contributed by atoms with van der Waals surface area (Å²) in [7, 11) is 1.64. The highest BCUT2D eigenvalue weighted by atomic mass is 35.5. The molecule has 0 aliphatic rings. The van der Waals surface area contributed by atoms with E-state index in [-0.39, 0.29) is 11.9 Å². The Hall–Kier alpha value is -2.00. The molecule has 1 atom stereocenters. The first-order valence-electron chi connectivity index (χ1n) is 7.30. The fourth-order valence-electron chi connectivity index (χ4n) is 2.33. The van der Waals surface area contributed by atoms with E-state index in [1.807, 2.05) is 42.5 Å². The molecule has 0 spiro atoms. The van der Waals surface area contributed by atoms with Gasteiger partial charge in [0, 0.05) is 5.02 Å². The molecule has 0 aromatic heterocycles. The first kappa shape index (κ1) is 16.4. The molecule has 0 saturated carbocycles. The lowest BCUT2D eigenvalue weighted by Gasteiger charge is -2.18. The van der Waals surface area contributed by atoms with E-state index in [1.165, 1.54) is 0 Å². The molecule has 0 bridgehead atoms. The molecule has 4 heteroatoms. The van der Waals surface area contributed by atoms with Crippen LogP contribution in [-0.4, -0.2) is 13.0 Å². The molecule has 1 N–H and O–H groups in total. The number of methoxy groups -OCH3 is 1. The van der Waals surface area contributed by atoms with Gasteiger partial charge in [-0.05, 0) is 41.8 Å². The highest BCUT2D eigenvalue weighted by molar-refractivity contribution is 6.30. The molecule has 1 amide bonds.